The summed E-state index contributed by atoms with van der Waals surface area (Å²) in [5.41, 5.74) is 2.06. The Morgan fingerprint density at radius 2 is 2.14 bits per heavy atom. The Labute approximate surface area is 89.7 Å². The number of carbonyl (C=O) groups is 1. The van der Waals surface area contributed by atoms with E-state index in [0.717, 1.165) is 16.0 Å². The zero-order chi connectivity index (χ0) is 10.7. The fourth-order valence-electron chi connectivity index (χ4n) is 1.45. The number of carbonyl (C=O) groups excluding carboxylic acids is 1. The summed E-state index contributed by atoms with van der Waals surface area (Å²) in [7, 11) is 1.40. The molecule has 0 aliphatic rings. The molecule has 0 aliphatic carbocycles. The van der Waals surface area contributed by atoms with Crippen molar-refractivity contribution >= 4 is 18.6 Å². The van der Waals surface area contributed by atoms with Gasteiger partial charge in [0, 0.05) is 4.90 Å². The van der Waals surface area contributed by atoms with Gasteiger partial charge in [0.25, 0.3) is 0 Å². The molecule has 1 unspecified atom stereocenters. The minimum absolute atomic E-state index is 0.208. The molecule has 3 heteroatoms. The molecule has 1 rings (SSSR count). The van der Waals surface area contributed by atoms with Crippen LogP contribution in [0.2, 0.25) is 0 Å². The van der Waals surface area contributed by atoms with E-state index < -0.39 is 0 Å². The van der Waals surface area contributed by atoms with Gasteiger partial charge in [-0.3, -0.25) is 4.79 Å². The summed E-state index contributed by atoms with van der Waals surface area (Å²) < 4.78 is 4.69. The molecular weight excluding hydrogens is 196 g/mol. The summed E-state index contributed by atoms with van der Waals surface area (Å²) in [5, 5.41) is 0. The third-order valence-electron chi connectivity index (χ3n) is 2.27. The highest BCUT2D eigenvalue weighted by Gasteiger charge is 2.17. The van der Waals surface area contributed by atoms with E-state index in [1.54, 1.807) is 0 Å². The fraction of sp³-hybridized carbons (Fsp3) is 0.364. The van der Waals surface area contributed by atoms with Crippen molar-refractivity contribution in [2.75, 3.05) is 7.11 Å². The van der Waals surface area contributed by atoms with E-state index >= 15 is 0 Å². The number of thiol groups is 1. The molecule has 1 aromatic carbocycles. The second-order valence-corrected chi connectivity index (χ2v) is 3.80. The van der Waals surface area contributed by atoms with Crippen LogP contribution >= 0.6 is 12.6 Å². The average molecular weight is 210 g/mol. The average Bonchev–Trinajstić information content (AvgIpc) is 2.15. The Hall–Kier alpha value is -0.960. The zero-order valence-corrected chi connectivity index (χ0v) is 9.47. The molecule has 0 radical (unpaired) electrons. The molecule has 0 saturated heterocycles. The van der Waals surface area contributed by atoms with Crippen molar-refractivity contribution in [3.05, 3.63) is 29.3 Å². The van der Waals surface area contributed by atoms with Gasteiger partial charge in [0.15, 0.2) is 0 Å². The van der Waals surface area contributed by atoms with Gasteiger partial charge in [0.1, 0.15) is 0 Å². The third-order valence-corrected chi connectivity index (χ3v) is 2.55. The molecular formula is C11H14O2S. The summed E-state index contributed by atoms with van der Waals surface area (Å²) in [5.74, 6) is -0.422. The smallest absolute Gasteiger partial charge is 0.312 e. The molecule has 14 heavy (non-hydrogen) atoms. The van der Waals surface area contributed by atoms with Crippen LogP contribution in [0.3, 0.4) is 0 Å². The molecule has 0 fully saturated rings. The van der Waals surface area contributed by atoms with Crippen molar-refractivity contribution < 1.29 is 9.53 Å². The van der Waals surface area contributed by atoms with Gasteiger partial charge in [-0.15, -0.1) is 12.6 Å². The highest BCUT2D eigenvalue weighted by atomic mass is 32.1. The summed E-state index contributed by atoms with van der Waals surface area (Å²) in [6.07, 6.45) is 0. The van der Waals surface area contributed by atoms with Crippen LogP contribution in [-0.2, 0) is 9.53 Å². The van der Waals surface area contributed by atoms with Crippen LogP contribution in [0.1, 0.15) is 24.0 Å². The first-order chi connectivity index (χ1) is 6.56. The number of esters is 1. The van der Waals surface area contributed by atoms with Crippen LogP contribution in [0.25, 0.3) is 0 Å². The third kappa shape index (κ3) is 2.29. The van der Waals surface area contributed by atoms with Gasteiger partial charge >= 0.3 is 5.97 Å². The van der Waals surface area contributed by atoms with Gasteiger partial charge in [-0.2, -0.15) is 0 Å². The molecule has 76 valence electrons. The second kappa shape index (κ2) is 4.51. The number of hydrogen-bond acceptors (Lipinski definition) is 3. The first-order valence-electron chi connectivity index (χ1n) is 4.43. The van der Waals surface area contributed by atoms with E-state index in [0.29, 0.717) is 0 Å². The molecule has 0 aromatic heterocycles. The molecule has 0 bridgehead atoms. The molecule has 0 N–H and O–H groups in total. The van der Waals surface area contributed by atoms with Crippen LogP contribution in [0.4, 0.5) is 0 Å². The van der Waals surface area contributed by atoms with Crippen LogP contribution in [0.15, 0.2) is 23.1 Å². The van der Waals surface area contributed by atoms with Crippen molar-refractivity contribution in [1.82, 2.24) is 0 Å². The number of rotatable bonds is 2. The Kier molecular flexibility index (Phi) is 3.58. The zero-order valence-electron chi connectivity index (χ0n) is 8.57. The fourth-order valence-corrected chi connectivity index (χ4v) is 1.72. The van der Waals surface area contributed by atoms with Gasteiger partial charge in [0.2, 0.25) is 0 Å². The molecule has 0 spiro atoms. The number of benzene rings is 1. The topological polar surface area (TPSA) is 26.3 Å². The first kappa shape index (κ1) is 11.1. The summed E-state index contributed by atoms with van der Waals surface area (Å²) >= 11 is 4.23. The maximum Gasteiger partial charge on any atom is 0.312 e. The SMILES string of the molecule is COC(=O)C(C)c1ccc(S)cc1C. The second-order valence-electron chi connectivity index (χ2n) is 3.29. The van der Waals surface area contributed by atoms with Gasteiger partial charge in [-0.25, -0.2) is 0 Å². The summed E-state index contributed by atoms with van der Waals surface area (Å²) in [6, 6.07) is 5.74. The Morgan fingerprint density at radius 3 is 2.64 bits per heavy atom. The molecule has 1 atom stereocenters. The molecule has 0 saturated carbocycles. The number of aryl methyl sites for hydroxylation is 1. The van der Waals surface area contributed by atoms with Crippen molar-refractivity contribution in [3.8, 4) is 0 Å². The van der Waals surface area contributed by atoms with Crippen molar-refractivity contribution in [1.29, 1.82) is 0 Å². The van der Waals surface area contributed by atoms with Crippen LogP contribution in [-0.4, -0.2) is 13.1 Å². The normalized spacial score (nSPS) is 12.3. The van der Waals surface area contributed by atoms with Crippen LogP contribution in [0, 0.1) is 6.92 Å². The number of hydrogen-bond donors (Lipinski definition) is 1. The number of ether oxygens (including phenoxy) is 1. The summed E-state index contributed by atoms with van der Waals surface area (Å²) in [6.45, 7) is 3.81. The Balaban J connectivity index is 3.01. The van der Waals surface area contributed by atoms with E-state index in [1.807, 2.05) is 32.0 Å². The Bertz CT molecular complexity index is 347. The maximum atomic E-state index is 11.3. The lowest BCUT2D eigenvalue weighted by atomic mass is 9.97. The van der Waals surface area contributed by atoms with Gasteiger partial charge in [0.05, 0.1) is 13.0 Å². The predicted molar refractivity (Wildman–Crippen MR) is 58.9 cm³/mol. The van der Waals surface area contributed by atoms with E-state index in [-0.39, 0.29) is 11.9 Å². The molecule has 1 aromatic rings. The van der Waals surface area contributed by atoms with Gasteiger partial charge in [-0.1, -0.05) is 6.07 Å². The first-order valence-corrected chi connectivity index (χ1v) is 4.88. The van der Waals surface area contributed by atoms with Gasteiger partial charge in [-0.05, 0) is 37.1 Å². The summed E-state index contributed by atoms with van der Waals surface area (Å²) in [4.78, 5) is 12.2. The highest BCUT2D eigenvalue weighted by Crippen LogP contribution is 2.22. The highest BCUT2D eigenvalue weighted by molar-refractivity contribution is 7.80. The van der Waals surface area contributed by atoms with Crippen molar-refractivity contribution in [2.24, 2.45) is 0 Å². The van der Waals surface area contributed by atoms with Crippen LogP contribution < -0.4 is 0 Å². The van der Waals surface area contributed by atoms with E-state index in [1.165, 1.54) is 7.11 Å². The van der Waals surface area contributed by atoms with Gasteiger partial charge < -0.3 is 4.74 Å². The Morgan fingerprint density at radius 1 is 1.50 bits per heavy atom. The van der Waals surface area contributed by atoms with Crippen LogP contribution in [0.5, 0.6) is 0 Å². The van der Waals surface area contributed by atoms with Crippen molar-refractivity contribution in [2.45, 2.75) is 24.7 Å². The largest absolute Gasteiger partial charge is 0.469 e. The minimum Gasteiger partial charge on any atom is -0.469 e. The molecule has 0 amide bonds. The molecule has 0 heterocycles. The maximum absolute atomic E-state index is 11.3. The molecule has 2 nitrogen and oxygen atoms in total. The standard InChI is InChI=1S/C11H14O2S/c1-7-6-9(14)4-5-10(7)8(2)11(12)13-3/h4-6,8,14H,1-3H3. The predicted octanol–water partition coefficient (Wildman–Crippen LogP) is 2.56. The van der Waals surface area contributed by atoms with E-state index in [4.69, 9.17) is 4.74 Å². The monoisotopic (exact) mass is 210 g/mol. The van der Waals surface area contributed by atoms with E-state index in [2.05, 4.69) is 12.6 Å². The minimum atomic E-state index is -0.214. The van der Waals surface area contributed by atoms with Crippen molar-refractivity contribution in [3.63, 3.8) is 0 Å². The number of methoxy groups -OCH3 is 1. The lowest BCUT2D eigenvalue weighted by Crippen LogP contribution is -2.11. The van der Waals surface area contributed by atoms with E-state index in [9.17, 15) is 4.79 Å². The quantitative estimate of drug-likeness (QED) is 0.600. The molecule has 0 aliphatic heterocycles. The lowest BCUT2D eigenvalue weighted by molar-refractivity contribution is -0.142. The lowest BCUT2D eigenvalue weighted by Gasteiger charge is -2.12.